The van der Waals surface area contributed by atoms with E-state index < -0.39 is 0 Å². The Kier molecular flexibility index (Phi) is 2.57. The minimum absolute atomic E-state index is 0.0103. The molecule has 2 heterocycles. The van der Waals surface area contributed by atoms with Crippen LogP contribution in [0.2, 0.25) is 0 Å². The largest absolute Gasteiger partial charge is 0.333 e. The molecule has 1 saturated heterocycles. The highest BCUT2D eigenvalue weighted by Gasteiger charge is 2.33. The summed E-state index contributed by atoms with van der Waals surface area (Å²) in [6.45, 7) is 7.31. The normalized spacial score (nSPS) is 17.1. The molecule has 1 N–H and O–H groups in total. The average molecular weight is 223 g/mol. The molecule has 1 aliphatic rings. The smallest absolute Gasteiger partial charge is 0.317 e. The maximum atomic E-state index is 11.7. The molecule has 6 heteroatoms. The summed E-state index contributed by atoms with van der Waals surface area (Å²) in [6, 6.07) is 0.261. The van der Waals surface area contributed by atoms with Gasteiger partial charge in [-0.2, -0.15) is 0 Å². The number of amides is 2. The SMILES string of the molecule is CC(C)(C)NC(=O)N1CC(n2ccnn2)C1. The van der Waals surface area contributed by atoms with Crippen LogP contribution >= 0.6 is 0 Å². The van der Waals surface area contributed by atoms with Crippen LogP contribution in [-0.2, 0) is 0 Å². The van der Waals surface area contributed by atoms with Crippen molar-refractivity contribution in [2.45, 2.75) is 32.4 Å². The summed E-state index contributed by atoms with van der Waals surface area (Å²) in [7, 11) is 0. The van der Waals surface area contributed by atoms with Crippen LogP contribution in [0.3, 0.4) is 0 Å². The first-order valence-electron chi connectivity index (χ1n) is 5.38. The van der Waals surface area contributed by atoms with Crippen LogP contribution in [0.1, 0.15) is 26.8 Å². The van der Waals surface area contributed by atoms with E-state index in [0.29, 0.717) is 13.1 Å². The van der Waals surface area contributed by atoms with Gasteiger partial charge >= 0.3 is 6.03 Å². The number of carbonyl (C=O) groups excluding carboxylic acids is 1. The van der Waals surface area contributed by atoms with E-state index >= 15 is 0 Å². The van der Waals surface area contributed by atoms with Gasteiger partial charge in [0.05, 0.1) is 12.2 Å². The van der Waals surface area contributed by atoms with E-state index in [1.165, 1.54) is 0 Å². The molecule has 0 spiro atoms. The molecule has 0 atom stereocenters. The van der Waals surface area contributed by atoms with Crippen LogP contribution < -0.4 is 5.32 Å². The summed E-state index contributed by atoms with van der Waals surface area (Å²) in [6.07, 6.45) is 3.47. The molecule has 2 amide bonds. The number of nitrogens with one attached hydrogen (secondary N) is 1. The number of likely N-dealkylation sites (tertiary alicyclic amines) is 1. The minimum Gasteiger partial charge on any atom is -0.333 e. The number of hydrogen-bond acceptors (Lipinski definition) is 3. The number of nitrogens with zero attached hydrogens (tertiary/aromatic N) is 4. The van der Waals surface area contributed by atoms with E-state index in [2.05, 4.69) is 15.6 Å². The fourth-order valence-electron chi connectivity index (χ4n) is 1.60. The lowest BCUT2D eigenvalue weighted by Gasteiger charge is -2.40. The van der Waals surface area contributed by atoms with Crippen LogP contribution in [0.4, 0.5) is 4.79 Å². The average Bonchev–Trinajstić information content (AvgIpc) is 2.49. The van der Waals surface area contributed by atoms with Crippen LogP contribution in [0.15, 0.2) is 12.4 Å². The quantitative estimate of drug-likeness (QED) is 0.760. The van der Waals surface area contributed by atoms with Gasteiger partial charge in [0.15, 0.2) is 0 Å². The highest BCUT2D eigenvalue weighted by molar-refractivity contribution is 5.75. The van der Waals surface area contributed by atoms with Crippen molar-refractivity contribution >= 4 is 6.03 Å². The van der Waals surface area contributed by atoms with E-state index in [1.54, 1.807) is 15.8 Å². The van der Waals surface area contributed by atoms with Crippen molar-refractivity contribution in [3.8, 4) is 0 Å². The van der Waals surface area contributed by atoms with E-state index in [9.17, 15) is 4.79 Å². The molecular weight excluding hydrogens is 206 g/mol. The second-order valence-electron chi connectivity index (χ2n) is 5.12. The molecule has 2 rings (SSSR count). The third kappa shape index (κ3) is 2.32. The summed E-state index contributed by atoms with van der Waals surface area (Å²) >= 11 is 0. The van der Waals surface area contributed by atoms with E-state index in [4.69, 9.17) is 0 Å². The molecule has 6 nitrogen and oxygen atoms in total. The number of carbonyl (C=O) groups is 1. The lowest BCUT2D eigenvalue weighted by atomic mass is 10.1. The fraction of sp³-hybridized carbons (Fsp3) is 0.700. The molecule has 0 saturated carbocycles. The highest BCUT2D eigenvalue weighted by Crippen LogP contribution is 2.20. The summed E-state index contributed by atoms with van der Waals surface area (Å²) in [5, 5.41) is 10.6. The molecule has 88 valence electrons. The zero-order valence-corrected chi connectivity index (χ0v) is 9.84. The van der Waals surface area contributed by atoms with Crippen LogP contribution in [0.25, 0.3) is 0 Å². The van der Waals surface area contributed by atoms with Crippen molar-refractivity contribution in [1.29, 1.82) is 0 Å². The van der Waals surface area contributed by atoms with Crippen molar-refractivity contribution in [3.63, 3.8) is 0 Å². The van der Waals surface area contributed by atoms with Gasteiger partial charge in [-0.05, 0) is 20.8 Å². The van der Waals surface area contributed by atoms with Gasteiger partial charge in [-0.25, -0.2) is 9.48 Å². The van der Waals surface area contributed by atoms with Gasteiger partial charge in [0, 0.05) is 24.8 Å². The highest BCUT2D eigenvalue weighted by atomic mass is 16.2. The van der Waals surface area contributed by atoms with Crippen molar-refractivity contribution in [3.05, 3.63) is 12.4 Å². The van der Waals surface area contributed by atoms with E-state index in [0.717, 1.165) is 0 Å². The van der Waals surface area contributed by atoms with Gasteiger partial charge < -0.3 is 10.2 Å². The Balaban J connectivity index is 1.82. The lowest BCUT2D eigenvalue weighted by Crippen LogP contribution is -2.57. The second-order valence-corrected chi connectivity index (χ2v) is 5.12. The number of urea groups is 1. The zero-order chi connectivity index (χ0) is 11.8. The Morgan fingerprint density at radius 3 is 2.62 bits per heavy atom. The predicted molar refractivity (Wildman–Crippen MR) is 58.9 cm³/mol. The maximum absolute atomic E-state index is 11.7. The molecule has 0 aliphatic carbocycles. The molecule has 1 fully saturated rings. The van der Waals surface area contributed by atoms with Gasteiger partial charge in [-0.15, -0.1) is 5.10 Å². The third-order valence-corrected chi connectivity index (χ3v) is 2.45. The Morgan fingerprint density at radius 1 is 1.44 bits per heavy atom. The van der Waals surface area contributed by atoms with E-state index in [-0.39, 0.29) is 17.6 Å². The van der Waals surface area contributed by atoms with Gasteiger partial charge in [-0.1, -0.05) is 5.21 Å². The number of rotatable bonds is 1. The van der Waals surface area contributed by atoms with Crippen LogP contribution in [0.5, 0.6) is 0 Å². The number of aromatic nitrogens is 3. The predicted octanol–water partition coefficient (Wildman–Crippen LogP) is 0.643. The monoisotopic (exact) mass is 223 g/mol. The molecule has 1 aromatic heterocycles. The molecule has 16 heavy (non-hydrogen) atoms. The van der Waals surface area contributed by atoms with Crippen molar-refractivity contribution < 1.29 is 4.79 Å². The first-order chi connectivity index (χ1) is 7.46. The van der Waals surface area contributed by atoms with Crippen LogP contribution in [0, 0.1) is 0 Å². The van der Waals surface area contributed by atoms with E-state index in [1.807, 2.05) is 27.0 Å². The van der Waals surface area contributed by atoms with Gasteiger partial charge in [0.1, 0.15) is 0 Å². The molecule has 0 unspecified atom stereocenters. The Bertz CT molecular complexity index is 361. The molecular formula is C10H17N5O. The molecule has 0 radical (unpaired) electrons. The first-order valence-corrected chi connectivity index (χ1v) is 5.38. The molecule has 1 aromatic rings. The van der Waals surface area contributed by atoms with Gasteiger partial charge in [0.2, 0.25) is 0 Å². The molecule has 0 bridgehead atoms. The molecule has 1 aliphatic heterocycles. The summed E-state index contributed by atoms with van der Waals surface area (Å²) < 4.78 is 1.79. The molecule has 0 aromatic carbocycles. The summed E-state index contributed by atoms with van der Waals surface area (Å²) in [4.78, 5) is 13.5. The Hall–Kier alpha value is -1.59. The third-order valence-electron chi connectivity index (χ3n) is 2.45. The standard InChI is InChI=1S/C10H17N5O/c1-10(2,3)12-9(16)14-6-8(7-14)15-5-4-11-13-15/h4-5,8H,6-7H2,1-3H3,(H,12,16). The number of hydrogen-bond donors (Lipinski definition) is 1. The van der Waals surface area contributed by atoms with Gasteiger partial charge in [-0.3, -0.25) is 0 Å². The minimum atomic E-state index is -0.185. The lowest BCUT2D eigenvalue weighted by molar-refractivity contribution is 0.112. The van der Waals surface area contributed by atoms with Crippen molar-refractivity contribution in [2.24, 2.45) is 0 Å². The first kappa shape index (κ1) is 10.9. The van der Waals surface area contributed by atoms with Crippen LogP contribution in [-0.4, -0.2) is 44.6 Å². The maximum Gasteiger partial charge on any atom is 0.317 e. The summed E-state index contributed by atoms with van der Waals surface area (Å²) in [5.74, 6) is 0. The second kappa shape index (κ2) is 3.77. The summed E-state index contributed by atoms with van der Waals surface area (Å²) in [5.41, 5.74) is -0.185. The van der Waals surface area contributed by atoms with Crippen molar-refractivity contribution in [2.75, 3.05) is 13.1 Å². The Morgan fingerprint density at radius 2 is 2.12 bits per heavy atom. The van der Waals surface area contributed by atoms with Gasteiger partial charge in [0.25, 0.3) is 0 Å². The fourth-order valence-corrected chi connectivity index (χ4v) is 1.60. The Labute approximate surface area is 94.6 Å². The topological polar surface area (TPSA) is 63.1 Å². The zero-order valence-electron chi connectivity index (χ0n) is 9.84. The van der Waals surface area contributed by atoms with Crippen molar-refractivity contribution in [1.82, 2.24) is 25.2 Å².